The quantitative estimate of drug-likeness (QED) is 0.149. The fourth-order valence-electron chi connectivity index (χ4n) is 7.57. The third-order valence-corrected chi connectivity index (χ3v) is 10.3. The summed E-state index contributed by atoms with van der Waals surface area (Å²) >= 11 is 0. The number of aromatic nitrogens is 4. The maximum atomic E-state index is 13.2. The molecule has 55 heavy (non-hydrogen) atoms. The van der Waals surface area contributed by atoms with Crippen LogP contribution in [0, 0.1) is 5.92 Å². The van der Waals surface area contributed by atoms with E-state index in [4.69, 9.17) is 15.2 Å². The van der Waals surface area contributed by atoms with Crippen molar-refractivity contribution in [3.8, 4) is 33.6 Å². The van der Waals surface area contributed by atoms with Crippen LogP contribution >= 0.6 is 0 Å². The Kier molecular flexibility index (Phi) is 10.1. The largest absolute Gasteiger partial charge is 0.444 e. The smallest absolute Gasteiger partial charge is 0.410 e. The number of nitrogens with zero attached hydrogens (tertiary/aromatic N) is 4. The predicted octanol–water partition coefficient (Wildman–Crippen LogP) is 8.57. The summed E-state index contributed by atoms with van der Waals surface area (Å²) in [6, 6.07) is 19.9. The van der Waals surface area contributed by atoms with E-state index in [0.717, 1.165) is 63.1 Å². The number of H-pyrrole nitrogens is 2. The van der Waals surface area contributed by atoms with E-state index in [1.807, 2.05) is 47.7 Å². The first kappa shape index (κ1) is 37.8. The number of ether oxygens (including phenoxy) is 2. The molecule has 3 aromatic carbocycles. The summed E-state index contributed by atoms with van der Waals surface area (Å²) in [5, 5.41) is 2.22. The average Bonchev–Trinajstić information content (AvgIpc) is 3.95. The first-order chi connectivity index (χ1) is 26.0. The number of rotatable bonds is 7. The number of hydrogen-bond acceptors (Lipinski definition) is 8. The summed E-state index contributed by atoms with van der Waals surface area (Å²) in [5.74, 6) is 1.09. The van der Waals surface area contributed by atoms with Crippen molar-refractivity contribution in [3.63, 3.8) is 0 Å². The number of carbonyl (C=O) groups excluding carboxylic acids is 3. The van der Waals surface area contributed by atoms with Crippen molar-refractivity contribution < 1.29 is 23.9 Å². The number of nitrogens with two attached hydrogens (primary N) is 1. The van der Waals surface area contributed by atoms with Gasteiger partial charge in [-0.15, -0.1) is 0 Å². The van der Waals surface area contributed by atoms with E-state index in [9.17, 15) is 14.4 Å². The van der Waals surface area contributed by atoms with Crippen LogP contribution in [-0.2, 0) is 14.3 Å². The summed E-state index contributed by atoms with van der Waals surface area (Å²) in [6.07, 6.45) is 5.11. The Morgan fingerprint density at radius 2 is 1.24 bits per heavy atom. The van der Waals surface area contributed by atoms with Gasteiger partial charge in [-0.2, -0.15) is 0 Å². The standard InChI is InChI=1S/C43H51N7O5/c1-25(51)37(44)32-21-36(50(24-32)41(53)55-43(5,6)7)39-46-22-33(47-39)27-12-10-26(11-13-27)28-14-15-30-20-31(17-16-29(30)19-28)34-23-45-38(48-34)35-9-8-18-49(35)40(52)54-42(2,3)4/h10-17,19-20,22-23,32,35-37H,8-9,18,21,24,44H2,1-7H3,(H,45,48)(H,46,47). The van der Waals surface area contributed by atoms with Crippen molar-refractivity contribution >= 4 is 28.7 Å². The SMILES string of the molecule is CC(=O)C(N)C1CC(c2ncc(-c3ccc(-c4ccc5cc(-c6cnc(C7CCCN7C(=O)OC(C)(C)C)[nH]6)ccc5c4)cc3)[nH]2)N(C(=O)OC(C)(C)C)C1. The minimum atomic E-state index is -0.666. The number of ketones is 1. The van der Waals surface area contributed by atoms with Crippen LogP contribution in [0.4, 0.5) is 9.59 Å². The maximum Gasteiger partial charge on any atom is 0.410 e. The molecule has 5 aromatic rings. The van der Waals surface area contributed by atoms with E-state index in [0.29, 0.717) is 25.3 Å². The first-order valence-corrected chi connectivity index (χ1v) is 19.0. The molecule has 4 atom stereocenters. The monoisotopic (exact) mass is 745 g/mol. The second-order valence-corrected chi connectivity index (χ2v) is 16.8. The fraction of sp³-hybridized carbons (Fsp3) is 0.419. The molecule has 7 rings (SSSR count). The zero-order chi connectivity index (χ0) is 39.2. The molecule has 2 aromatic heterocycles. The molecular weight excluding hydrogens is 695 g/mol. The van der Waals surface area contributed by atoms with Crippen LogP contribution in [0.3, 0.4) is 0 Å². The molecule has 2 aliphatic heterocycles. The second kappa shape index (κ2) is 14.6. The number of hydrogen-bond donors (Lipinski definition) is 3. The van der Waals surface area contributed by atoms with Crippen LogP contribution in [0.2, 0.25) is 0 Å². The van der Waals surface area contributed by atoms with Gasteiger partial charge in [0.1, 0.15) is 28.6 Å². The lowest BCUT2D eigenvalue weighted by atomic mass is 9.94. The van der Waals surface area contributed by atoms with E-state index in [2.05, 4.69) is 80.6 Å². The van der Waals surface area contributed by atoms with Crippen molar-refractivity contribution in [2.45, 2.75) is 97.1 Å². The minimum Gasteiger partial charge on any atom is -0.444 e. The molecule has 12 heteroatoms. The molecule has 4 heterocycles. The number of nitrogens with one attached hydrogen (secondary N) is 2. The van der Waals surface area contributed by atoms with Gasteiger partial charge < -0.3 is 25.2 Å². The van der Waals surface area contributed by atoms with Gasteiger partial charge in [-0.05, 0) is 107 Å². The highest BCUT2D eigenvalue weighted by Crippen LogP contribution is 2.38. The van der Waals surface area contributed by atoms with Gasteiger partial charge in [-0.3, -0.25) is 14.6 Å². The molecule has 2 amide bonds. The Hall–Kier alpha value is -5.49. The van der Waals surface area contributed by atoms with Crippen molar-refractivity contribution in [1.29, 1.82) is 0 Å². The molecule has 288 valence electrons. The van der Waals surface area contributed by atoms with Crippen molar-refractivity contribution in [2.24, 2.45) is 11.7 Å². The van der Waals surface area contributed by atoms with E-state index < -0.39 is 29.4 Å². The normalized spacial score (nSPS) is 19.5. The lowest BCUT2D eigenvalue weighted by Crippen LogP contribution is -2.40. The molecule has 0 radical (unpaired) electrons. The molecule has 0 spiro atoms. The summed E-state index contributed by atoms with van der Waals surface area (Å²) in [6.45, 7) is 13.6. The van der Waals surface area contributed by atoms with E-state index >= 15 is 0 Å². The highest BCUT2D eigenvalue weighted by atomic mass is 16.6. The highest BCUT2D eigenvalue weighted by molar-refractivity contribution is 5.90. The van der Waals surface area contributed by atoms with Crippen LogP contribution in [0.25, 0.3) is 44.4 Å². The lowest BCUT2D eigenvalue weighted by Gasteiger charge is -2.28. The van der Waals surface area contributed by atoms with Gasteiger partial charge in [0, 0.05) is 24.6 Å². The number of aromatic amines is 2. The van der Waals surface area contributed by atoms with Crippen LogP contribution in [0.5, 0.6) is 0 Å². The number of amides is 2. The Morgan fingerprint density at radius 1 is 0.727 bits per heavy atom. The average molecular weight is 746 g/mol. The van der Waals surface area contributed by atoms with Gasteiger partial charge in [0.25, 0.3) is 0 Å². The van der Waals surface area contributed by atoms with Gasteiger partial charge in [0.2, 0.25) is 0 Å². The van der Waals surface area contributed by atoms with Crippen molar-refractivity contribution in [1.82, 2.24) is 29.7 Å². The van der Waals surface area contributed by atoms with Crippen LogP contribution in [0.15, 0.2) is 73.1 Å². The van der Waals surface area contributed by atoms with Crippen LogP contribution in [-0.4, -0.2) is 78.0 Å². The zero-order valence-corrected chi connectivity index (χ0v) is 32.7. The first-order valence-electron chi connectivity index (χ1n) is 19.0. The lowest BCUT2D eigenvalue weighted by molar-refractivity contribution is -0.119. The minimum absolute atomic E-state index is 0.107. The Labute approximate surface area is 321 Å². The highest BCUT2D eigenvalue weighted by Gasteiger charge is 2.43. The second-order valence-electron chi connectivity index (χ2n) is 16.8. The Morgan fingerprint density at radius 3 is 1.84 bits per heavy atom. The fourth-order valence-corrected chi connectivity index (χ4v) is 7.57. The summed E-state index contributed by atoms with van der Waals surface area (Å²) in [5.41, 5.74) is 10.9. The van der Waals surface area contributed by atoms with E-state index in [1.54, 1.807) is 16.0 Å². The van der Waals surface area contributed by atoms with Crippen LogP contribution in [0.1, 0.15) is 91.5 Å². The van der Waals surface area contributed by atoms with Gasteiger partial charge in [-0.1, -0.05) is 48.5 Å². The number of Topliss-reactive ketones (excluding diaryl/α,β-unsaturated/α-hetero) is 1. The van der Waals surface area contributed by atoms with Gasteiger partial charge >= 0.3 is 12.2 Å². The summed E-state index contributed by atoms with van der Waals surface area (Å²) < 4.78 is 11.4. The Balaban J connectivity index is 1.05. The number of benzene rings is 3. The molecule has 0 aliphatic carbocycles. The molecule has 0 bridgehead atoms. The Bertz CT molecular complexity index is 2210. The van der Waals surface area contributed by atoms with Crippen molar-refractivity contribution in [3.05, 3.63) is 84.7 Å². The molecule has 2 fully saturated rings. The molecule has 2 saturated heterocycles. The van der Waals surface area contributed by atoms with Crippen LogP contribution < -0.4 is 5.73 Å². The topological polar surface area (TPSA) is 160 Å². The van der Waals surface area contributed by atoms with Gasteiger partial charge in [-0.25, -0.2) is 19.6 Å². The molecular formula is C43H51N7O5. The van der Waals surface area contributed by atoms with Gasteiger partial charge in [0.15, 0.2) is 0 Å². The number of imidazole rings is 2. The number of likely N-dealkylation sites (tertiary alicyclic amines) is 2. The predicted molar refractivity (Wildman–Crippen MR) is 212 cm³/mol. The summed E-state index contributed by atoms with van der Waals surface area (Å²) in [7, 11) is 0. The third kappa shape index (κ3) is 8.29. The molecule has 12 nitrogen and oxygen atoms in total. The molecule has 4 unspecified atom stereocenters. The molecule has 4 N–H and O–H groups in total. The summed E-state index contributed by atoms with van der Waals surface area (Å²) in [4.78, 5) is 57.9. The molecule has 2 aliphatic rings. The van der Waals surface area contributed by atoms with Crippen molar-refractivity contribution in [2.75, 3.05) is 13.1 Å². The third-order valence-electron chi connectivity index (χ3n) is 10.3. The maximum absolute atomic E-state index is 13.2. The zero-order valence-electron chi connectivity index (χ0n) is 32.7. The van der Waals surface area contributed by atoms with E-state index in [-0.39, 0.29) is 23.8 Å². The number of fused-ring (bicyclic) bond motifs is 1. The molecule has 0 saturated carbocycles. The number of carbonyl (C=O) groups is 3. The van der Waals surface area contributed by atoms with Gasteiger partial charge in [0.05, 0.1) is 41.9 Å². The van der Waals surface area contributed by atoms with E-state index in [1.165, 1.54) is 6.92 Å².